The first-order valence-corrected chi connectivity index (χ1v) is 3.84. The molecule has 0 saturated carbocycles. The predicted octanol–water partition coefficient (Wildman–Crippen LogP) is 2.03. The van der Waals surface area contributed by atoms with Gasteiger partial charge in [0.1, 0.15) is 0 Å². The second kappa shape index (κ2) is 2.91. The summed E-state index contributed by atoms with van der Waals surface area (Å²) in [6, 6.07) is 0. The summed E-state index contributed by atoms with van der Waals surface area (Å²) < 4.78 is 23.3. The van der Waals surface area contributed by atoms with E-state index in [-0.39, 0.29) is 17.7 Å². The molecule has 0 aromatic heterocycles. The van der Waals surface area contributed by atoms with Gasteiger partial charge in [0.25, 0.3) is 0 Å². The maximum absolute atomic E-state index is 7.85. The largest absolute Gasteiger partial charge is 0.317 e. The minimum atomic E-state index is -0.522. The van der Waals surface area contributed by atoms with Crippen LogP contribution < -0.4 is 5.32 Å². The normalized spacial score (nSPS) is 54.9. The third-order valence-electron chi connectivity index (χ3n) is 1.91. The molecule has 1 saturated heterocycles. The highest BCUT2D eigenvalue weighted by atomic mass is 14.9. The molecule has 10 heavy (non-hydrogen) atoms. The van der Waals surface area contributed by atoms with Gasteiger partial charge in [-0.1, -0.05) is 20.8 Å². The third-order valence-corrected chi connectivity index (χ3v) is 1.91. The van der Waals surface area contributed by atoms with Crippen molar-refractivity contribution in [2.45, 2.75) is 33.6 Å². The first-order valence-electron chi connectivity index (χ1n) is 5.57. The van der Waals surface area contributed by atoms with E-state index in [1.807, 2.05) is 0 Å². The van der Waals surface area contributed by atoms with Crippen LogP contribution in [0, 0.1) is 11.3 Å². The summed E-state index contributed by atoms with van der Waals surface area (Å²) in [5.41, 5.74) is -0.0414. The number of nitrogens with one attached hydrogen (secondary N) is 1. The van der Waals surface area contributed by atoms with Gasteiger partial charge in [0.2, 0.25) is 0 Å². The maximum atomic E-state index is 7.85. The van der Waals surface area contributed by atoms with Crippen LogP contribution in [0.1, 0.15) is 37.7 Å². The van der Waals surface area contributed by atoms with Gasteiger partial charge in [0.15, 0.2) is 0 Å². The highest BCUT2D eigenvalue weighted by molar-refractivity contribution is 4.78. The van der Waals surface area contributed by atoms with Gasteiger partial charge in [0.05, 0.1) is 0 Å². The quantitative estimate of drug-likeness (QED) is 0.548. The molecule has 1 nitrogen and oxygen atoms in total. The fourth-order valence-corrected chi connectivity index (χ4v) is 1.16. The summed E-state index contributed by atoms with van der Waals surface area (Å²) in [4.78, 5) is 0. The molecule has 1 fully saturated rings. The Morgan fingerprint density at radius 1 is 1.40 bits per heavy atom. The van der Waals surface area contributed by atoms with E-state index in [2.05, 4.69) is 26.1 Å². The van der Waals surface area contributed by atoms with Gasteiger partial charge >= 0.3 is 0 Å². The Morgan fingerprint density at radius 3 is 2.60 bits per heavy atom. The van der Waals surface area contributed by atoms with Crippen molar-refractivity contribution >= 4 is 0 Å². The fourth-order valence-electron chi connectivity index (χ4n) is 1.16. The molecule has 1 aliphatic heterocycles. The highest BCUT2D eigenvalue weighted by Gasteiger charge is 2.25. The Morgan fingerprint density at radius 2 is 2.10 bits per heavy atom. The molecule has 0 bridgehead atoms. The first kappa shape index (κ1) is 4.76. The van der Waals surface area contributed by atoms with E-state index >= 15 is 0 Å². The summed E-state index contributed by atoms with van der Waals surface area (Å²) >= 11 is 0. The van der Waals surface area contributed by atoms with Crippen molar-refractivity contribution in [1.29, 1.82) is 0 Å². The van der Waals surface area contributed by atoms with Gasteiger partial charge in [-0.05, 0) is 37.2 Å². The molecule has 1 heteroatoms. The van der Waals surface area contributed by atoms with Gasteiger partial charge in [-0.2, -0.15) is 0 Å². The smallest absolute Gasteiger partial charge is 0.0428 e. The number of rotatable bonds is 0. The summed E-state index contributed by atoms with van der Waals surface area (Å²) in [7, 11) is 0. The van der Waals surface area contributed by atoms with E-state index in [9.17, 15) is 0 Å². The van der Waals surface area contributed by atoms with Crippen LogP contribution in [0.4, 0.5) is 0 Å². The molecule has 1 aliphatic rings. The zero-order valence-electron chi connectivity index (χ0n) is 10.0. The average Bonchev–Trinajstić information content (AvgIpc) is 1.95. The standard InChI is InChI=1S/C9H19N/c1-9(2,3)8-4-6-10-7-5-8/h8,10H,4-7H2,1-3H3/i4D,5D,6D. The van der Waals surface area contributed by atoms with Crippen LogP contribution in [0.25, 0.3) is 0 Å². The molecule has 0 aromatic rings. The molecule has 1 rings (SSSR count). The topological polar surface area (TPSA) is 12.0 Å². The molecular formula is C9H19N. The van der Waals surface area contributed by atoms with Crippen molar-refractivity contribution in [3.05, 3.63) is 0 Å². The Hall–Kier alpha value is -0.0400. The van der Waals surface area contributed by atoms with Crippen LogP contribution in [0.2, 0.25) is 0 Å². The lowest BCUT2D eigenvalue weighted by atomic mass is 9.76. The lowest BCUT2D eigenvalue weighted by Crippen LogP contribution is -2.34. The van der Waals surface area contributed by atoms with Crippen LogP contribution in [0.3, 0.4) is 0 Å². The van der Waals surface area contributed by atoms with Crippen LogP contribution in [-0.4, -0.2) is 13.1 Å². The molecule has 1 N–H and O–H groups in total. The summed E-state index contributed by atoms with van der Waals surface area (Å²) in [6.07, 6.45) is -0.722. The van der Waals surface area contributed by atoms with Gasteiger partial charge < -0.3 is 5.32 Å². The molecule has 0 spiro atoms. The van der Waals surface area contributed by atoms with E-state index in [4.69, 9.17) is 4.11 Å². The Bertz CT molecular complexity index is 178. The molecule has 0 aliphatic carbocycles. The first-order chi connectivity index (χ1) is 5.84. The van der Waals surface area contributed by atoms with Crippen molar-refractivity contribution in [2.75, 3.05) is 13.1 Å². The van der Waals surface area contributed by atoms with Gasteiger partial charge in [-0.3, -0.25) is 0 Å². The predicted molar refractivity (Wildman–Crippen MR) is 45.0 cm³/mol. The van der Waals surface area contributed by atoms with Crippen molar-refractivity contribution in [2.24, 2.45) is 11.3 Å². The minimum Gasteiger partial charge on any atom is -0.317 e. The Kier molecular flexibility index (Phi) is 1.39. The molecular weight excluding hydrogens is 122 g/mol. The molecule has 0 aromatic carbocycles. The molecule has 1 heterocycles. The SMILES string of the molecule is [2H]C1CNC([2H])C([2H])C1C(C)(C)C. The Labute approximate surface area is 68.4 Å². The zero-order chi connectivity index (χ0) is 10.2. The summed E-state index contributed by atoms with van der Waals surface area (Å²) in [5, 5.41) is 2.88. The second-order valence-corrected chi connectivity index (χ2v) is 3.89. The third kappa shape index (κ3) is 1.98. The van der Waals surface area contributed by atoms with Crippen LogP contribution in [-0.2, 0) is 0 Å². The van der Waals surface area contributed by atoms with Gasteiger partial charge in [-0.25, -0.2) is 0 Å². The van der Waals surface area contributed by atoms with Crippen LogP contribution >= 0.6 is 0 Å². The second-order valence-electron chi connectivity index (χ2n) is 3.89. The van der Waals surface area contributed by atoms with E-state index in [0.717, 1.165) is 0 Å². The van der Waals surface area contributed by atoms with Crippen molar-refractivity contribution < 1.29 is 4.11 Å². The van der Waals surface area contributed by atoms with E-state index < -0.39 is 12.9 Å². The molecule has 0 radical (unpaired) electrons. The fraction of sp³-hybridized carbons (Fsp3) is 1.00. The van der Waals surface area contributed by atoms with E-state index in [1.54, 1.807) is 0 Å². The average molecular weight is 144 g/mol. The van der Waals surface area contributed by atoms with Crippen molar-refractivity contribution in [3.63, 3.8) is 0 Å². The molecule has 4 atom stereocenters. The molecule has 4 unspecified atom stereocenters. The lowest BCUT2D eigenvalue weighted by molar-refractivity contribution is 0.188. The molecule has 60 valence electrons. The maximum Gasteiger partial charge on any atom is 0.0428 e. The highest BCUT2D eigenvalue weighted by Crippen LogP contribution is 2.32. The van der Waals surface area contributed by atoms with Crippen molar-refractivity contribution in [3.8, 4) is 0 Å². The molecule has 0 amide bonds. The van der Waals surface area contributed by atoms with E-state index in [1.165, 1.54) is 0 Å². The summed E-state index contributed by atoms with van der Waals surface area (Å²) in [5.74, 6) is -0.00347. The van der Waals surface area contributed by atoms with E-state index in [0.29, 0.717) is 6.54 Å². The van der Waals surface area contributed by atoms with Gasteiger partial charge in [-0.15, -0.1) is 0 Å². The van der Waals surface area contributed by atoms with Gasteiger partial charge in [0, 0.05) is 4.11 Å². The lowest BCUT2D eigenvalue weighted by Gasteiger charge is -2.34. The zero-order valence-corrected chi connectivity index (χ0v) is 7.02. The number of hydrogen-bond donors (Lipinski definition) is 1. The monoisotopic (exact) mass is 144 g/mol. The number of piperidine rings is 1. The minimum absolute atomic E-state index is 0.00347. The van der Waals surface area contributed by atoms with Crippen LogP contribution in [0.5, 0.6) is 0 Å². The Balaban J connectivity index is 2.78. The van der Waals surface area contributed by atoms with Crippen LogP contribution in [0.15, 0.2) is 0 Å². The number of hydrogen-bond acceptors (Lipinski definition) is 1. The van der Waals surface area contributed by atoms with Crippen molar-refractivity contribution in [1.82, 2.24) is 5.32 Å². The summed E-state index contributed by atoms with van der Waals surface area (Å²) in [6.45, 7) is 6.19.